The largest absolute Gasteiger partial charge is 2.00 e. The normalized spacial score (nSPS) is 7.25. The van der Waals surface area contributed by atoms with Crippen LogP contribution in [0.1, 0.15) is 2.85 Å². The fourth-order valence-corrected chi connectivity index (χ4v) is 0.119. The number of hydrogen-bond donors (Lipinski definition) is 1. The van der Waals surface area contributed by atoms with Gasteiger partial charge in [0, 0.05) is 0 Å². The molecule has 4 nitrogen and oxygen atoms in total. The Morgan fingerprint density at radius 2 is 2.38 bits per heavy atom. The number of aliphatic hydroxyl groups is 1. The second kappa shape index (κ2) is 7.65. The van der Waals surface area contributed by atoms with Crippen LogP contribution >= 0.6 is 0 Å². The van der Waals surface area contributed by atoms with Gasteiger partial charge in [-0.25, -0.2) is 4.79 Å². The Hall–Kier alpha value is 0.650. The van der Waals surface area contributed by atoms with E-state index in [4.69, 9.17) is 5.11 Å². The summed E-state index contributed by atoms with van der Waals surface area (Å²) in [4.78, 5) is 17.5. The van der Waals surface area contributed by atoms with Crippen molar-refractivity contribution in [2.75, 3.05) is 13.7 Å². The Balaban J connectivity index is -0.0000000600. The molecule has 0 saturated heterocycles. The molecule has 0 fully saturated rings. The van der Waals surface area contributed by atoms with Gasteiger partial charge in [0.15, 0.2) is 0 Å². The molecule has 0 amide bonds. The van der Waals surface area contributed by atoms with Crippen LogP contribution in [0, 0.1) is 0 Å². The minimum absolute atomic E-state index is 0. The molecule has 0 spiro atoms. The van der Waals surface area contributed by atoms with Crippen molar-refractivity contribution in [2.45, 2.75) is 0 Å². The number of carbonyl (C=O) groups excluding carboxylic acids is 1. The van der Waals surface area contributed by atoms with Crippen LogP contribution in [-0.4, -0.2) is 62.5 Å². The average Bonchev–Trinajstić information content (AvgIpc) is 1.68. The van der Waals surface area contributed by atoms with Crippen LogP contribution in [0.25, 0.3) is 0 Å². The number of carbonyl (C=O) groups is 1. The molecule has 0 aromatic carbocycles. The van der Waals surface area contributed by atoms with Gasteiger partial charge in [0.05, 0.1) is 7.11 Å². The van der Waals surface area contributed by atoms with Crippen LogP contribution in [0.15, 0.2) is 0 Å². The SMILES string of the molecule is COOC(=O)CO.[Ca+2].[H-].[H-]. The molecule has 0 aromatic heterocycles. The van der Waals surface area contributed by atoms with Gasteiger partial charge in [0.25, 0.3) is 0 Å². The summed E-state index contributed by atoms with van der Waals surface area (Å²) < 4.78 is 0. The zero-order valence-corrected chi connectivity index (χ0v) is 6.79. The molecule has 0 aromatic rings. The van der Waals surface area contributed by atoms with Crippen LogP contribution in [0.5, 0.6) is 0 Å². The van der Waals surface area contributed by atoms with Crippen molar-refractivity contribution in [3.05, 3.63) is 0 Å². The van der Waals surface area contributed by atoms with Crippen molar-refractivity contribution in [3.8, 4) is 0 Å². The predicted molar refractivity (Wildman–Crippen MR) is 28.2 cm³/mol. The molecule has 5 heteroatoms. The maximum Gasteiger partial charge on any atom is 2.00 e. The maximum atomic E-state index is 9.81. The summed E-state index contributed by atoms with van der Waals surface area (Å²) in [5, 5.41) is 7.91. The first-order valence-electron chi connectivity index (χ1n) is 1.65. The van der Waals surface area contributed by atoms with Crippen molar-refractivity contribution in [1.29, 1.82) is 0 Å². The molecule has 0 aliphatic heterocycles. The third kappa shape index (κ3) is 6.65. The van der Waals surface area contributed by atoms with E-state index in [9.17, 15) is 4.79 Å². The van der Waals surface area contributed by atoms with Crippen LogP contribution in [0.3, 0.4) is 0 Å². The van der Waals surface area contributed by atoms with Crippen molar-refractivity contribution in [1.82, 2.24) is 0 Å². The van der Waals surface area contributed by atoms with Gasteiger partial charge in [-0.2, -0.15) is 4.89 Å². The molecule has 0 radical (unpaired) electrons. The Morgan fingerprint density at radius 1 is 1.88 bits per heavy atom. The topological polar surface area (TPSA) is 55.8 Å². The standard InChI is InChI=1S/C3H6O4.Ca.2H/c1-6-7-3(5)2-4;;;/h4H,2H2,1H3;;;/q;+2;2*-1. The molecule has 0 unspecified atom stereocenters. The summed E-state index contributed by atoms with van der Waals surface area (Å²) in [6, 6.07) is 0. The van der Waals surface area contributed by atoms with E-state index in [0.717, 1.165) is 0 Å². The number of rotatable bonds is 2. The van der Waals surface area contributed by atoms with Gasteiger partial charge >= 0.3 is 43.7 Å². The third-order valence-electron chi connectivity index (χ3n) is 0.305. The van der Waals surface area contributed by atoms with E-state index < -0.39 is 12.6 Å². The Labute approximate surface area is 79.7 Å². The monoisotopic (exact) mass is 148 g/mol. The van der Waals surface area contributed by atoms with Gasteiger partial charge in [-0.15, -0.1) is 0 Å². The van der Waals surface area contributed by atoms with E-state index in [-0.39, 0.29) is 40.6 Å². The first-order valence-corrected chi connectivity index (χ1v) is 1.65. The third-order valence-corrected chi connectivity index (χ3v) is 0.305. The zero-order chi connectivity index (χ0) is 5.70. The second-order valence-electron chi connectivity index (χ2n) is 0.780. The summed E-state index contributed by atoms with van der Waals surface area (Å²) >= 11 is 0. The van der Waals surface area contributed by atoms with E-state index in [0.29, 0.717) is 0 Å². The Morgan fingerprint density at radius 3 is 2.50 bits per heavy atom. The van der Waals surface area contributed by atoms with Crippen molar-refractivity contribution in [3.63, 3.8) is 0 Å². The van der Waals surface area contributed by atoms with E-state index in [2.05, 4.69) is 9.78 Å². The molecular formula is C3H8CaO4. The smallest absolute Gasteiger partial charge is 1.00 e. The molecule has 0 heterocycles. The molecule has 1 N–H and O–H groups in total. The van der Waals surface area contributed by atoms with Gasteiger partial charge in [0.1, 0.15) is 6.61 Å². The Bertz CT molecular complexity index is 71.5. The average molecular weight is 148 g/mol. The van der Waals surface area contributed by atoms with Crippen LogP contribution < -0.4 is 0 Å². The fraction of sp³-hybridized carbons (Fsp3) is 0.667. The molecule has 0 atom stereocenters. The second-order valence-corrected chi connectivity index (χ2v) is 0.780. The summed E-state index contributed by atoms with van der Waals surface area (Å²) in [6.45, 7) is -0.645. The first-order chi connectivity index (χ1) is 3.31. The molecule has 0 bridgehead atoms. The molecular weight excluding hydrogens is 140 g/mol. The minimum Gasteiger partial charge on any atom is -1.00 e. The van der Waals surface area contributed by atoms with E-state index in [1.54, 1.807) is 0 Å². The molecule has 0 rings (SSSR count). The molecule has 0 saturated carbocycles. The van der Waals surface area contributed by atoms with Crippen molar-refractivity contribution < 1.29 is 22.5 Å². The predicted octanol–water partition coefficient (Wildman–Crippen LogP) is -1.07. The molecule has 0 aliphatic rings. The van der Waals surface area contributed by atoms with Gasteiger partial charge in [-0.1, -0.05) is 0 Å². The fourth-order valence-electron chi connectivity index (χ4n) is 0.119. The van der Waals surface area contributed by atoms with E-state index >= 15 is 0 Å². The zero-order valence-electron chi connectivity index (χ0n) is 6.59. The van der Waals surface area contributed by atoms with Crippen LogP contribution in [0.4, 0.5) is 0 Å². The van der Waals surface area contributed by atoms with Gasteiger partial charge in [-0.3, -0.25) is 4.89 Å². The number of aliphatic hydroxyl groups excluding tert-OH is 1. The van der Waals surface area contributed by atoms with Gasteiger partial charge in [-0.05, 0) is 0 Å². The molecule has 8 heavy (non-hydrogen) atoms. The maximum absolute atomic E-state index is 9.81. The Kier molecular flexibility index (Phi) is 10.9. The molecule has 46 valence electrons. The summed E-state index contributed by atoms with van der Waals surface area (Å²) in [6.07, 6.45) is 0. The minimum atomic E-state index is -0.789. The van der Waals surface area contributed by atoms with Crippen LogP contribution in [0.2, 0.25) is 0 Å². The van der Waals surface area contributed by atoms with E-state index in [1.807, 2.05) is 0 Å². The number of hydrogen-bond acceptors (Lipinski definition) is 4. The molecule has 0 aliphatic carbocycles. The summed E-state index contributed by atoms with van der Waals surface area (Å²) in [7, 11) is 1.19. The van der Waals surface area contributed by atoms with Gasteiger partial charge < -0.3 is 7.96 Å². The van der Waals surface area contributed by atoms with Crippen molar-refractivity contribution in [2.24, 2.45) is 0 Å². The summed E-state index contributed by atoms with van der Waals surface area (Å²) in [5.74, 6) is -0.789. The van der Waals surface area contributed by atoms with Gasteiger partial charge in [0.2, 0.25) is 0 Å². The van der Waals surface area contributed by atoms with Crippen LogP contribution in [-0.2, 0) is 14.6 Å². The quantitative estimate of drug-likeness (QED) is 0.308. The first kappa shape index (κ1) is 11.4. The van der Waals surface area contributed by atoms with Crippen molar-refractivity contribution >= 4 is 43.7 Å². The summed E-state index contributed by atoms with van der Waals surface area (Å²) in [5.41, 5.74) is 0. The van der Waals surface area contributed by atoms with E-state index in [1.165, 1.54) is 7.11 Å².